The molecular weight excluding hydrogens is 520 g/mol. The van der Waals surface area contributed by atoms with Gasteiger partial charge in [0.05, 0.1) is 40.5 Å². The number of nitrogens with zero attached hydrogens (tertiary/aromatic N) is 7. The average molecular weight is 549 g/mol. The number of fused-ring (bicyclic) bond motifs is 6. The second-order valence-corrected chi connectivity index (χ2v) is 10.3. The standard InChI is InChI=1S/C30H28N8O3/c1-4-26(39)37-9-10-38-20(14-37)15-40-28-27-23(13-31-30(28)38)32-16-33-29(27)35-19-5-8-25(18(2)11-19)41-21-6-7-24-22(12-21)34-17-36(24)3/h4-8,11-13,16-17,20H,1,9-10,14-15H2,2-3H3,(H,32,33,35)/t20-/m1/s1. The van der Waals surface area contributed by atoms with Crippen molar-refractivity contribution in [1.29, 1.82) is 0 Å². The molecule has 0 radical (unpaired) electrons. The zero-order chi connectivity index (χ0) is 28.1. The number of hydrogen-bond donors (Lipinski definition) is 1. The summed E-state index contributed by atoms with van der Waals surface area (Å²) < 4.78 is 14.4. The molecular formula is C30H28N8O3. The quantitative estimate of drug-likeness (QED) is 0.321. The van der Waals surface area contributed by atoms with Crippen LogP contribution in [0.4, 0.5) is 17.3 Å². The maximum absolute atomic E-state index is 12.2. The summed E-state index contributed by atoms with van der Waals surface area (Å²) in [4.78, 5) is 34.3. The highest BCUT2D eigenvalue weighted by Crippen LogP contribution is 2.42. The van der Waals surface area contributed by atoms with Gasteiger partial charge in [0, 0.05) is 38.4 Å². The van der Waals surface area contributed by atoms with Crippen LogP contribution in [-0.2, 0) is 11.8 Å². The minimum Gasteiger partial charge on any atom is -0.487 e. The number of aromatic nitrogens is 5. The first-order valence-electron chi connectivity index (χ1n) is 13.4. The first kappa shape index (κ1) is 24.8. The van der Waals surface area contributed by atoms with E-state index in [1.165, 1.54) is 12.4 Å². The lowest BCUT2D eigenvalue weighted by atomic mass is 10.1. The van der Waals surface area contributed by atoms with Crippen LogP contribution in [0.1, 0.15) is 5.56 Å². The molecule has 0 spiro atoms. The van der Waals surface area contributed by atoms with Crippen molar-refractivity contribution in [1.82, 2.24) is 29.4 Å². The van der Waals surface area contributed by atoms with Gasteiger partial charge in [-0.1, -0.05) is 6.58 Å². The fourth-order valence-electron chi connectivity index (χ4n) is 5.52. The van der Waals surface area contributed by atoms with E-state index < -0.39 is 0 Å². The fourth-order valence-corrected chi connectivity index (χ4v) is 5.52. The van der Waals surface area contributed by atoms with Crippen LogP contribution in [0.3, 0.4) is 0 Å². The van der Waals surface area contributed by atoms with E-state index in [0.29, 0.717) is 43.3 Å². The summed E-state index contributed by atoms with van der Waals surface area (Å²) in [5.74, 6) is 3.42. The Hall–Kier alpha value is -5.19. The molecule has 3 aromatic heterocycles. The van der Waals surface area contributed by atoms with Crippen LogP contribution in [0.2, 0.25) is 0 Å². The molecule has 0 aliphatic carbocycles. The van der Waals surface area contributed by atoms with Crippen LogP contribution in [-0.4, -0.2) is 67.6 Å². The molecule has 1 fully saturated rings. The molecule has 2 aliphatic rings. The van der Waals surface area contributed by atoms with Gasteiger partial charge in [0.15, 0.2) is 11.6 Å². The Morgan fingerprint density at radius 3 is 2.88 bits per heavy atom. The predicted molar refractivity (Wildman–Crippen MR) is 156 cm³/mol. The van der Waals surface area contributed by atoms with Crippen molar-refractivity contribution in [3.63, 3.8) is 0 Å². The number of rotatable bonds is 5. The van der Waals surface area contributed by atoms with E-state index in [-0.39, 0.29) is 11.9 Å². The Morgan fingerprint density at radius 1 is 1.12 bits per heavy atom. The molecule has 0 saturated carbocycles. The van der Waals surface area contributed by atoms with Gasteiger partial charge in [-0.25, -0.2) is 19.9 Å². The Morgan fingerprint density at radius 2 is 2.02 bits per heavy atom. The van der Waals surface area contributed by atoms with E-state index in [4.69, 9.17) is 14.5 Å². The number of anilines is 3. The van der Waals surface area contributed by atoms with Crippen molar-refractivity contribution in [2.24, 2.45) is 7.05 Å². The summed E-state index contributed by atoms with van der Waals surface area (Å²) >= 11 is 0. The number of piperazine rings is 1. The molecule has 1 saturated heterocycles. The lowest BCUT2D eigenvalue weighted by molar-refractivity contribution is -0.127. The molecule has 11 nitrogen and oxygen atoms in total. The van der Waals surface area contributed by atoms with Gasteiger partial charge in [0.2, 0.25) is 5.91 Å². The van der Waals surface area contributed by atoms with Gasteiger partial charge in [0.25, 0.3) is 0 Å². The van der Waals surface area contributed by atoms with Crippen molar-refractivity contribution in [2.45, 2.75) is 13.0 Å². The third-order valence-corrected chi connectivity index (χ3v) is 7.64. The number of pyridine rings is 1. The van der Waals surface area contributed by atoms with Crippen LogP contribution >= 0.6 is 0 Å². The van der Waals surface area contributed by atoms with E-state index in [1.54, 1.807) is 17.4 Å². The first-order valence-corrected chi connectivity index (χ1v) is 13.4. The number of ether oxygens (including phenoxy) is 2. The van der Waals surface area contributed by atoms with Crippen molar-refractivity contribution in [3.8, 4) is 17.2 Å². The Kier molecular flexibility index (Phi) is 5.92. The van der Waals surface area contributed by atoms with E-state index in [9.17, 15) is 4.79 Å². The van der Waals surface area contributed by atoms with Crippen LogP contribution in [0.15, 0.2) is 67.9 Å². The van der Waals surface area contributed by atoms with Crippen LogP contribution in [0.25, 0.3) is 21.9 Å². The van der Waals surface area contributed by atoms with E-state index in [1.807, 2.05) is 54.9 Å². The molecule has 41 heavy (non-hydrogen) atoms. The third kappa shape index (κ3) is 4.35. The van der Waals surface area contributed by atoms with E-state index >= 15 is 0 Å². The van der Waals surface area contributed by atoms with Gasteiger partial charge in [0.1, 0.15) is 30.3 Å². The van der Waals surface area contributed by atoms with Gasteiger partial charge in [-0.2, -0.15) is 0 Å². The Labute approximate surface area is 236 Å². The molecule has 11 heteroatoms. The summed E-state index contributed by atoms with van der Waals surface area (Å²) in [5, 5.41) is 4.21. The predicted octanol–water partition coefficient (Wildman–Crippen LogP) is 4.35. The molecule has 206 valence electrons. The van der Waals surface area contributed by atoms with Crippen molar-refractivity contribution < 1.29 is 14.3 Å². The Bertz CT molecular complexity index is 1830. The minimum absolute atomic E-state index is 0.0136. The topological polar surface area (TPSA) is 111 Å². The normalized spacial score (nSPS) is 16.2. The average Bonchev–Trinajstić information content (AvgIpc) is 3.37. The van der Waals surface area contributed by atoms with Gasteiger partial charge in [-0.15, -0.1) is 0 Å². The summed E-state index contributed by atoms with van der Waals surface area (Å²) in [6.07, 6.45) is 6.41. The van der Waals surface area contributed by atoms with Crippen LogP contribution < -0.4 is 19.7 Å². The lowest BCUT2D eigenvalue weighted by Crippen LogP contribution is -2.58. The highest BCUT2D eigenvalue weighted by atomic mass is 16.5. The van der Waals surface area contributed by atoms with E-state index in [0.717, 1.165) is 45.0 Å². The second-order valence-electron chi connectivity index (χ2n) is 10.3. The summed E-state index contributed by atoms with van der Waals surface area (Å²) in [6, 6.07) is 11.8. The summed E-state index contributed by atoms with van der Waals surface area (Å²) in [7, 11) is 1.97. The molecule has 1 amide bonds. The smallest absolute Gasteiger partial charge is 0.246 e. The van der Waals surface area contributed by atoms with Gasteiger partial charge in [-0.3, -0.25) is 4.79 Å². The highest BCUT2D eigenvalue weighted by molar-refractivity contribution is 5.99. The number of amides is 1. The van der Waals surface area contributed by atoms with Crippen LogP contribution in [0.5, 0.6) is 17.2 Å². The molecule has 1 N–H and O–H groups in total. The summed E-state index contributed by atoms with van der Waals surface area (Å²) in [5.41, 5.74) is 4.43. The minimum atomic E-state index is -0.0669. The number of benzene rings is 2. The second kappa shape index (κ2) is 9.77. The Balaban J connectivity index is 1.16. The van der Waals surface area contributed by atoms with Crippen molar-refractivity contribution in [3.05, 3.63) is 73.5 Å². The number of aryl methyl sites for hydroxylation is 2. The monoisotopic (exact) mass is 548 g/mol. The molecule has 1 atom stereocenters. The first-order chi connectivity index (χ1) is 20.0. The van der Waals surface area contributed by atoms with Crippen molar-refractivity contribution in [2.75, 3.05) is 36.5 Å². The maximum Gasteiger partial charge on any atom is 0.246 e. The molecule has 7 rings (SSSR count). The third-order valence-electron chi connectivity index (χ3n) is 7.64. The van der Waals surface area contributed by atoms with Crippen LogP contribution in [0, 0.1) is 6.92 Å². The van der Waals surface area contributed by atoms with E-state index in [2.05, 4.69) is 31.7 Å². The van der Waals surface area contributed by atoms with Gasteiger partial charge >= 0.3 is 0 Å². The lowest BCUT2D eigenvalue weighted by Gasteiger charge is -2.44. The maximum atomic E-state index is 12.2. The number of hydrogen-bond acceptors (Lipinski definition) is 9. The molecule has 0 bridgehead atoms. The summed E-state index contributed by atoms with van der Waals surface area (Å²) in [6.45, 7) is 7.86. The largest absolute Gasteiger partial charge is 0.487 e. The highest BCUT2D eigenvalue weighted by Gasteiger charge is 2.36. The number of imidazole rings is 1. The molecule has 5 aromatic rings. The van der Waals surface area contributed by atoms with Crippen molar-refractivity contribution >= 4 is 45.2 Å². The zero-order valence-electron chi connectivity index (χ0n) is 22.7. The zero-order valence-corrected chi connectivity index (χ0v) is 22.7. The number of carbonyl (C=O) groups is 1. The van der Waals surface area contributed by atoms with Gasteiger partial charge < -0.3 is 29.2 Å². The van der Waals surface area contributed by atoms with Gasteiger partial charge in [-0.05, 0) is 48.9 Å². The SMILES string of the molecule is C=CC(=O)N1CCN2c3ncc4ncnc(Nc5ccc(Oc6ccc7c(c6)ncn7C)c(C)c5)c4c3OC[C@H]2C1. The fraction of sp³-hybridized carbons (Fsp3) is 0.233. The molecule has 0 unspecified atom stereocenters. The molecule has 2 aliphatic heterocycles. The molecule has 2 aromatic carbocycles. The number of carbonyl (C=O) groups excluding carboxylic acids is 1. The molecule has 5 heterocycles. The number of nitrogens with one attached hydrogen (secondary N) is 1.